The molecule has 0 spiro atoms. The minimum absolute atomic E-state index is 0.138. The van der Waals surface area contributed by atoms with Crippen LogP contribution in [-0.2, 0) is 0 Å². The lowest BCUT2D eigenvalue weighted by Crippen LogP contribution is -2.27. The van der Waals surface area contributed by atoms with Crippen LogP contribution in [0.5, 0.6) is 0 Å². The number of amides is 1. The van der Waals surface area contributed by atoms with Crippen molar-refractivity contribution in [2.24, 2.45) is 0 Å². The van der Waals surface area contributed by atoms with E-state index >= 15 is 0 Å². The summed E-state index contributed by atoms with van der Waals surface area (Å²) in [5, 5.41) is 2.99. The average molecular weight is 356 g/mol. The summed E-state index contributed by atoms with van der Waals surface area (Å²) in [6.07, 6.45) is 5.47. The normalized spacial score (nSPS) is 12.1. The number of fused-ring (bicyclic) bond motifs is 1. The predicted molar refractivity (Wildman–Crippen MR) is 105 cm³/mol. The van der Waals surface area contributed by atoms with Crippen molar-refractivity contribution in [1.29, 1.82) is 0 Å². The lowest BCUT2D eigenvalue weighted by molar-refractivity contribution is 0.0938. The summed E-state index contributed by atoms with van der Waals surface area (Å²) in [5.74, 6) is -0.138. The van der Waals surface area contributed by atoms with Gasteiger partial charge in [-0.2, -0.15) is 0 Å². The van der Waals surface area contributed by atoms with E-state index in [4.69, 9.17) is 0 Å². The number of hydrogen-bond acceptors (Lipinski definition) is 3. The van der Waals surface area contributed by atoms with Crippen LogP contribution in [0.15, 0.2) is 73.2 Å². The smallest absolute Gasteiger partial charge is 0.253 e. The van der Waals surface area contributed by atoms with E-state index < -0.39 is 0 Å². The van der Waals surface area contributed by atoms with E-state index in [1.54, 1.807) is 18.5 Å². The number of nitrogens with one attached hydrogen (secondary N) is 1. The van der Waals surface area contributed by atoms with Crippen molar-refractivity contribution in [2.45, 2.75) is 19.9 Å². The molecule has 0 radical (unpaired) electrons. The first-order chi connectivity index (χ1) is 13.1. The van der Waals surface area contributed by atoms with Gasteiger partial charge in [0.05, 0.1) is 23.0 Å². The fourth-order valence-corrected chi connectivity index (χ4v) is 2.98. The summed E-state index contributed by atoms with van der Waals surface area (Å²) in [7, 11) is 0. The molecule has 1 atom stereocenters. The Balaban J connectivity index is 1.57. The van der Waals surface area contributed by atoms with E-state index in [1.165, 1.54) is 5.56 Å². The zero-order valence-electron chi connectivity index (χ0n) is 15.3. The van der Waals surface area contributed by atoms with Crippen molar-refractivity contribution in [1.82, 2.24) is 19.7 Å². The van der Waals surface area contributed by atoms with Gasteiger partial charge in [-0.25, -0.2) is 4.98 Å². The van der Waals surface area contributed by atoms with Crippen molar-refractivity contribution in [2.75, 3.05) is 0 Å². The maximum atomic E-state index is 12.6. The van der Waals surface area contributed by atoms with Crippen molar-refractivity contribution < 1.29 is 4.79 Å². The van der Waals surface area contributed by atoms with Gasteiger partial charge in [0.1, 0.15) is 5.65 Å². The third kappa shape index (κ3) is 3.58. The van der Waals surface area contributed by atoms with Crippen LogP contribution in [0.1, 0.15) is 34.6 Å². The van der Waals surface area contributed by atoms with E-state index in [1.807, 2.05) is 41.8 Å². The molecule has 0 saturated heterocycles. The van der Waals surface area contributed by atoms with Gasteiger partial charge < -0.3 is 9.72 Å². The van der Waals surface area contributed by atoms with Crippen molar-refractivity contribution in [3.63, 3.8) is 0 Å². The topological polar surface area (TPSA) is 59.3 Å². The molecule has 5 heteroatoms. The Labute approximate surface area is 157 Å². The third-order valence-electron chi connectivity index (χ3n) is 4.54. The molecule has 0 unspecified atom stereocenters. The molecule has 0 fully saturated rings. The number of pyridine rings is 2. The molecule has 0 aliphatic carbocycles. The van der Waals surface area contributed by atoms with Gasteiger partial charge >= 0.3 is 0 Å². The molecule has 0 saturated carbocycles. The average Bonchev–Trinajstić information content (AvgIpc) is 3.12. The van der Waals surface area contributed by atoms with Gasteiger partial charge in [-0.3, -0.25) is 9.78 Å². The molecule has 3 aromatic heterocycles. The van der Waals surface area contributed by atoms with E-state index in [9.17, 15) is 4.79 Å². The van der Waals surface area contributed by atoms with Gasteiger partial charge in [0.15, 0.2) is 0 Å². The number of aromatic nitrogens is 3. The SMILES string of the molecule is Cc1ccc(-c2cn3cc(C(=O)N[C@@H](C)c4ccccn4)ccc3n2)cc1. The molecule has 3 heterocycles. The molecule has 0 bridgehead atoms. The molecule has 27 heavy (non-hydrogen) atoms. The van der Waals surface area contributed by atoms with Crippen LogP contribution < -0.4 is 5.32 Å². The number of nitrogens with zero attached hydrogens (tertiary/aromatic N) is 3. The molecular formula is C22H20N4O. The van der Waals surface area contributed by atoms with Crippen LogP contribution in [0.25, 0.3) is 16.9 Å². The Morgan fingerprint density at radius 3 is 2.59 bits per heavy atom. The first-order valence-corrected chi connectivity index (χ1v) is 8.88. The highest BCUT2D eigenvalue weighted by molar-refractivity contribution is 5.94. The lowest BCUT2D eigenvalue weighted by Gasteiger charge is -2.13. The molecule has 0 aliphatic rings. The Kier molecular flexibility index (Phi) is 4.42. The first kappa shape index (κ1) is 17.0. The second kappa shape index (κ2) is 7.03. The van der Waals surface area contributed by atoms with Crippen LogP contribution >= 0.6 is 0 Å². The molecule has 4 aromatic rings. The van der Waals surface area contributed by atoms with Gasteiger partial charge in [-0.15, -0.1) is 0 Å². The molecule has 4 rings (SSSR count). The summed E-state index contributed by atoms with van der Waals surface area (Å²) in [6.45, 7) is 3.98. The van der Waals surface area contributed by atoms with Crippen molar-refractivity contribution in [3.05, 3.63) is 90.0 Å². The summed E-state index contributed by atoms with van der Waals surface area (Å²) in [5.41, 5.74) is 5.37. The Hall–Kier alpha value is -3.47. The quantitative estimate of drug-likeness (QED) is 0.596. The Bertz CT molecular complexity index is 1080. The van der Waals surface area contributed by atoms with Gasteiger partial charge in [-0.05, 0) is 38.1 Å². The van der Waals surface area contributed by atoms with Gasteiger partial charge in [0.2, 0.25) is 0 Å². The minimum Gasteiger partial charge on any atom is -0.344 e. The molecule has 0 aliphatic heterocycles. The second-order valence-electron chi connectivity index (χ2n) is 6.63. The number of rotatable bonds is 4. The van der Waals surface area contributed by atoms with E-state index in [0.717, 1.165) is 22.6 Å². The zero-order chi connectivity index (χ0) is 18.8. The molecular weight excluding hydrogens is 336 g/mol. The second-order valence-corrected chi connectivity index (χ2v) is 6.63. The van der Waals surface area contributed by atoms with E-state index in [-0.39, 0.29) is 11.9 Å². The lowest BCUT2D eigenvalue weighted by atomic mass is 10.1. The van der Waals surface area contributed by atoms with Crippen LogP contribution in [0.2, 0.25) is 0 Å². The van der Waals surface area contributed by atoms with Gasteiger partial charge in [0, 0.05) is 24.2 Å². The van der Waals surface area contributed by atoms with Crippen molar-refractivity contribution >= 4 is 11.6 Å². The fourth-order valence-electron chi connectivity index (χ4n) is 2.98. The Morgan fingerprint density at radius 1 is 1.04 bits per heavy atom. The highest BCUT2D eigenvalue weighted by atomic mass is 16.1. The number of benzene rings is 1. The number of aryl methyl sites for hydroxylation is 1. The van der Waals surface area contributed by atoms with Crippen LogP contribution in [0.3, 0.4) is 0 Å². The van der Waals surface area contributed by atoms with Crippen molar-refractivity contribution in [3.8, 4) is 11.3 Å². The predicted octanol–water partition coefficient (Wildman–Crippen LogP) is 4.20. The highest BCUT2D eigenvalue weighted by Crippen LogP contribution is 2.20. The standard InChI is InChI=1S/C22H20N4O/c1-15-6-8-17(9-7-15)20-14-26-13-18(10-11-21(26)25-20)22(27)24-16(2)19-5-3-4-12-23-19/h3-14,16H,1-2H3,(H,24,27)/t16-/m0/s1. The van der Waals surface area contributed by atoms with Crippen LogP contribution in [0.4, 0.5) is 0 Å². The maximum Gasteiger partial charge on any atom is 0.253 e. The molecule has 1 aromatic carbocycles. The first-order valence-electron chi connectivity index (χ1n) is 8.88. The zero-order valence-corrected chi connectivity index (χ0v) is 15.3. The summed E-state index contributed by atoms with van der Waals surface area (Å²) >= 11 is 0. The summed E-state index contributed by atoms with van der Waals surface area (Å²) < 4.78 is 1.88. The van der Waals surface area contributed by atoms with Crippen LogP contribution in [-0.4, -0.2) is 20.3 Å². The molecule has 1 N–H and O–H groups in total. The third-order valence-corrected chi connectivity index (χ3v) is 4.54. The van der Waals surface area contributed by atoms with E-state index in [0.29, 0.717) is 5.56 Å². The minimum atomic E-state index is -0.166. The number of imidazole rings is 1. The van der Waals surface area contributed by atoms with Crippen LogP contribution in [0, 0.1) is 6.92 Å². The van der Waals surface area contributed by atoms with Gasteiger partial charge in [-0.1, -0.05) is 35.9 Å². The van der Waals surface area contributed by atoms with E-state index in [2.05, 4.69) is 46.5 Å². The number of carbonyl (C=O) groups excluding carboxylic acids is 1. The Morgan fingerprint density at radius 2 is 1.85 bits per heavy atom. The number of hydrogen-bond donors (Lipinski definition) is 1. The summed E-state index contributed by atoms with van der Waals surface area (Å²) in [6, 6.07) is 17.4. The highest BCUT2D eigenvalue weighted by Gasteiger charge is 2.13. The summed E-state index contributed by atoms with van der Waals surface area (Å²) in [4.78, 5) is 21.5. The molecule has 1 amide bonds. The maximum absolute atomic E-state index is 12.6. The fraction of sp³-hybridized carbons (Fsp3) is 0.136. The molecule has 5 nitrogen and oxygen atoms in total. The largest absolute Gasteiger partial charge is 0.344 e. The monoisotopic (exact) mass is 356 g/mol. The molecule has 134 valence electrons. The number of carbonyl (C=O) groups is 1. The van der Waals surface area contributed by atoms with Gasteiger partial charge in [0.25, 0.3) is 5.91 Å².